The summed E-state index contributed by atoms with van der Waals surface area (Å²) in [4.78, 5) is 9.67. The molecule has 0 bridgehead atoms. The number of para-hydroxylation sites is 1. The lowest BCUT2D eigenvalue weighted by Crippen LogP contribution is -2.11. The number of hydrogen-bond donors (Lipinski definition) is 0. The standard InChI is InChI=1S/4C35H25N/c1-24-9-2-7-15-34(24)36(28-21-19-27-18-17-25-10-4-6-13-30(25)33(27)23-28)35-16-8-14-31-29-12-5-3-11-26(29)20-22-32(31)35;1-24-8-6-11-28(22-24)36(29-20-18-27-17-16-25-9-3-5-13-31(25)34(27)23-29)35-15-7-14-32-30-12-4-2-10-26(30)19-21-33(32)35;1-24-16-21-28(22-17-24)36(33-14-7-13-31-29-11-4-2-8-25(29)20-23-32(31)33)34-15-6-10-27-19-18-26-9-3-5-12-30(26)35(27)34;1-24-13-19-28(20-14-24)36(29-21-17-27-16-15-25-7-3-5-10-31(25)34(27)23-29)35-12-6-11-32-30-9-4-2-8-26(30)18-22-33(32)35/h4*2-23H,1H3. The quantitative estimate of drug-likeness (QED) is 0.113. The maximum Gasteiger partial charge on any atom is 0.0546 e. The molecule has 28 rings (SSSR count). The zero-order valence-corrected chi connectivity index (χ0v) is 80.6. The van der Waals surface area contributed by atoms with Crippen LogP contribution >= 0.6 is 0 Å². The molecule has 680 valence electrons. The van der Waals surface area contributed by atoms with Gasteiger partial charge in [-0.25, -0.2) is 0 Å². The van der Waals surface area contributed by atoms with Crippen molar-refractivity contribution in [3.63, 3.8) is 0 Å². The fourth-order valence-electron chi connectivity index (χ4n) is 22.1. The molecule has 0 aliphatic rings. The smallest absolute Gasteiger partial charge is 0.0546 e. The van der Waals surface area contributed by atoms with Crippen LogP contribution in [-0.2, 0) is 0 Å². The molecule has 0 heterocycles. The van der Waals surface area contributed by atoms with E-state index >= 15 is 0 Å². The molecule has 0 unspecified atom stereocenters. The van der Waals surface area contributed by atoms with E-state index in [1.807, 2.05) is 0 Å². The van der Waals surface area contributed by atoms with Gasteiger partial charge in [0.1, 0.15) is 0 Å². The van der Waals surface area contributed by atoms with Crippen molar-refractivity contribution in [3.05, 3.63) is 556 Å². The fraction of sp³-hybridized carbons (Fsp3) is 0.0286. The van der Waals surface area contributed by atoms with Gasteiger partial charge in [0.25, 0.3) is 0 Å². The van der Waals surface area contributed by atoms with Crippen molar-refractivity contribution in [1.29, 1.82) is 0 Å². The Kier molecular flexibility index (Phi) is 22.6. The van der Waals surface area contributed by atoms with Crippen LogP contribution in [0.25, 0.3) is 172 Å². The van der Waals surface area contributed by atoms with E-state index in [9.17, 15) is 0 Å². The SMILES string of the molecule is Cc1ccc(N(c2ccc3ccc4ccccc4c3c2)c2cccc3c2ccc2ccccc23)cc1.Cc1ccc(N(c2cccc3c2ccc2ccccc23)c2cccc3ccc4ccccc4c23)cc1.Cc1cccc(N(c2ccc3ccc4ccccc4c3c2)c2cccc3c2ccc2ccccc23)c1.Cc1ccccc1N(c1ccc2ccc3ccccc3c2c1)c1cccc2c1ccc1ccccc12. The maximum atomic E-state index is 2.44. The second-order valence-electron chi connectivity index (χ2n) is 38.0. The van der Waals surface area contributed by atoms with E-state index < -0.39 is 0 Å². The summed E-state index contributed by atoms with van der Waals surface area (Å²) in [6, 6.07) is 194. The van der Waals surface area contributed by atoms with Gasteiger partial charge in [0, 0.05) is 66.7 Å². The van der Waals surface area contributed by atoms with Crippen molar-refractivity contribution in [1.82, 2.24) is 0 Å². The number of rotatable bonds is 12. The molecule has 4 nitrogen and oxygen atoms in total. The highest BCUT2D eigenvalue weighted by Crippen LogP contribution is 2.51. The van der Waals surface area contributed by atoms with Crippen LogP contribution in [0.2, 0.25) is 0 Å². The molecular formula is C140H100N4. The highest BCUT2D eigenvalue weighted by molar-refractivity contribution is 6.22. The predicted octanol–water partition coefficient (Wildman–Crippen LogP) is 40.3. The summed E-state index contributed by atoms with van der Waals surface area (Å²) >= 11 is 0. The van der Waals surface area contributed by atoms with Gasteiger partial charge in [-0.2, -0.15) is 0 Å². The Labute approximate surface area is 837 Å². The van der Waals surface area contributed by atoms with E-state index in [1.54, 1.807) is 0 Å². The van der Waals surface area contributed by atoms with E-state index in [4.69, 9.17) is 0 Å². The van der Waals surface area contributed by atoms with Crippen molar-refractivity contribution in [2.45, 2.75) is 27.7 Å². The highest BCUT2D eigenvalue weighted by Gasteiger charge is 2.25. The Morgan fingerprint density at radius 2 is 0.333 bits per heavy atom. The van der Waals surface area contributed by atoms with Crippen LogP contribution in [-0.4, -0.2) is 0 Å². The number of nitrogens with zero attached hydrogens (tertiary/aromatic N) is 4. The number of benzene rings is 28. The molecule has 28 aromatic rings. The van der Waals surface area contributed by atoms with Crippen molar-refractivity contribution in [3.8, 4) is 0 Å². The Morgan fingerprint density at radius 1 is 0.111 bits per heavy atom. The first-order valence-corrected chi connectivity index (χ1v) is 49.8. The van der Waals surface area contributed by atoms with Crippen molar-refractivity contribution in [2.75, 3.05) is 19.6 Å². The number of aryl methyl sites for hydroxylation is 4. The van der Waals surface area contributed by atoms with Crippen LogP contribution in [0.4, 0.5) is 68.2 Å². The summed E-state index contributed by atoms with van der Waals surface area (Å²) < 4.78 is 0. The van der Waals surface area contributed by atoms with Gasteiger partial charge in [0.2, 0.25) is 0 Å². The molecule has 0 atom stereocenters. The van der Waals surface area contributed by atoms with Crippen LogP contribution in [0.1, 0.15) is 22.3 Å². The maximum absolute atomic E-state index is 2.44. The predicted molar refractivity (Wildman–Crippen MR) is 624 cm³/mol. The van der Waals surface area contributed by atoms with Crippen LogP contribution in [0.5, 0.6) is 0 Å². The van der Waals surface area contributed by atoms with Gasteiger partial charge in [0.05, 0.1) is 28.4 Å². The molecule has 4 heteroatoms. The molecule has 0 aromatic heterocycles. The summed E-state index contributed by atoms with van der Waals surface area (Å²) in [5.74, 6) is 0. The normalized spacial score (nSPS) is 11.5. The molecular weight excluding hydrogens is 1740 g/mol. The third-order valence-electron chi connectivity index (χ3n) is 29.2. The molecule has 0 spiro atoms. The van der Waals surface area contributed by atoms with E-state index in [-0.39, 0.29) is 0 Å². The van der Waals surface area contributed by atoms with Gasteiger partial charge in [-0.3, -0.25) is 0 Å². The Balaban J connectivity index is 0.000000101. The second-order valence-corrected chi connectivity index (χ2v) is 38.0. The Morgan fingerprint density at radius 3 is 0.701 bits per heavy atom. The van der Waals surface area contributed by atoms with Crippen LogP contribution in [0, 0.1) is 27.7 Å². The number of hydrogen-bond acceptors (Lipinski definition) is 4. The zero-order chi connectivity index (χ0) is 96.2. The van der Waals surface area contributed by atoms with Crippen LogP contribution in [0.3, 0.4) is 0 Å². The first kappa shape index (κ1) is 87.1. The van der Waals surface area contributed by atoms with Gasteiger partial charge in [-0.15, -0.1) is 0 Å². The fourth-order valence-corrected chi connectivity index (χ4v) is 22.1. The second kappa shape index (κ2) is 37.4. The summed E-state index contributed by atoms with van der Waals surface area (Å²) in [5, 5.41) is 40.5. The van der Waals surface area contributed by atoms with Crippen LogP contribution in [0.15, 0.2) is 534 Å². The topological polar surface area (TPSA) is 13.0 Å². The van der Waals surface area contributed by atoms with Gasteiger partial charge in [-0.1, -0.05) is 436 Å². The monoisotopic (exact) mass is 1840 g/mol. The van der Waals surface area contributed by atoms with Crippen molar-refractivity contribution in [2.24, 2.45) is 0 Å². The summed E-state index contributed by atoms with van der Waals surface area (Å²) in [6.07, 6.45) is 0. The number of anilines is 12. The third kappa shape index (κ3) is 16.1. The summed E-state index contributed by atoms with van der Waals surface area (Å²) in [7, 11) is 0. The van der Waals surface area contributed by atoms with Gasteiger partial charge < -0.3 is 19.6 Å². The van der Waals surface area contributed by atoms with E-state index in [2.05, 4.69) is 581 Å². The molecule has 0 saturated heterocycles. The van der Waals surface area contributed by atoms with Gasteiger partial charge in [-0.05, 0) is 293 Å². The molecule has 28 aromatic carbocycles. The lowest BCUT2D eigenvalue weighted by atomic mass is 9.97. The minimum absolute atomic E-state index is 1.15. The molecule has 0 fully saturated rings. The summed E-state index contributed by atoms with van der Waals surface area (Å²) in [5.41, 5.74) is 19.1. The minimum atomic E-state index is 1.15. The van der Waals surface area contributed by atoms with E-state index in [1.165, 1.54) is 229 Å². The first-order chi connectivity index (χ1) is 71.1. The first-order valence-electron chi connectivity index (χ1n) is 49.8. The minimum Gasteiger partial charge on any atom is -0.310 e. The van der Waals surface area contributed by atoms with E-state index in [0.717, 1.165) is 34.1 Å². The Hall–Kier alpha value is -18.5. The Bertz CT molecular complexity index is 9880. The number of fused-ring (bicyclic) bond motifs is 24. The molecule has 0 saturated carbocycles. The molecule has 0 amide bonds. The molecule has 0 aliphatic carbocycles. The molecule has 144 heavy (non-hydrogen) atoms. The van der Waals surface area contributed by atoms with Crippen molar-refractivity contribution < 1.29 is 0 Å². The van der Waals surface area contributed by atoms with Crippen LogP contribution < -0.4 is 19.6 Å². The van der Waals surface area contributed by atoms with E-state index in [0.29, 0.717) is 0 Å². The average Bonchev–Trinajstić information content (AvgIpc) is 0.743. The largest absolute Gasteiger partial charge is 0.310 e. The summed E-state index contributed by atoms with van der Waals surface area (Å²) in [6.45, 7) is 8.63. The average molecular weight is 1840 g/mol. The van der Waals surface area contributed by atoms with Gasteiger partial charge >= 0.3 is 0 Å². The lowest BCUT2D eigenvalue weighted by molar-refractivity contribution is 1.27. The lowest BCUT2D eigenvalue weighted by Gasteiger charge is -2.29. The third-order valence-corrected chi connectivity index (χ3v) is 29.2. The van der Waals surface area contributed by atoms with Gasteiger partial charge in [0.15, 0.2) is 0 Å². The zero-order valence-electron chi connectivity index (χ0n) is 80.6. The highest BCUT2D eigenvalue weighted by atomic mass is 15.2. The molecule has 0 aliphatic heterocycles. The molecule has 0 radical (unpaired) electrons. The van der Waals surface area contributed by atoms with Crippen molar-refractivity contribution >= 4 is 241 Å². The molecule has 0 N–H and O–H groups in total.